The Morgan fingerprint density at radius 3 is 2.86 bits per heavy atom. The standard InChI is InChI=1S/C18H20FN6OPS/c1-18(8-26-9-18)25(28)17-14-11(4-3-5-21-14)15(24(17)2)16(27)22-10-6-12(19)23-13(20)7-10/h3-7,28H,8-9,27H2,1-2H3,(H2,20,23). The number of ether oxygens (including phenoxy) is 1. The summed E-state index contributed by atoms with van der Waals surface area (Å²) in [5.74, 6) is 0.250. The first kappa shape index (κ1) is 19.1. The lowest BCUT2D eigenvalue weighted by atomic mass is 10.0. The van der Waals surface area contributed by atoms with E-state index in [2.05, 4.69) is 31.1 Å². The van der Waals surface area contributed by atoms with Crippen molar-refractivity contribution in [3.8, 4) is 0 Å². The van der Waals surface area contributed by atoms with Crippen LogP contribution in [0.25, 0.3) is 10.9 Å². The fourth-order valence-corrected chi connectivity index (χ4v) is 4.15. The Morgan fingerprint density at radius 2 is 2.21 bits per heavy atom. The summed E-state index contributed by atoms with van der Waals surface area (Å²) < 4.78 is 22.9. The largest absolute Gasteiger partial charge is 0.384 e. The zero-order valence-electron chi connectivity index (χ0n) is 15.4. The van der Waals surface area contributed by atoms with Crippen molar-refractivity contribution >= 4 is 55.7 Å². The van der Waals surface area contributed by atoms with Crippen LogP contribution in [0.5, 0.6) is 0 Å². The average Bonchev–Trinajstić information content (AvgIpc) is 2.90. The van der Waals surface area contributed by atoms with Gasteiger partial charge in [0.1, 0.15) is 17.2 Å². The minimum atomic E-state index is -0.671. The predicted octanol–water partition coefficient (Wildman–Crippen LogP) is 3.08. The first-order valence-corrected chi connectivity index (χ1v) is 9.56. The highest BCUT2D eigenvalue weighted by Gasteiger charge is 2.41. The average molecular weight is 418 g/mol. The molecule has 4 heterocycles. The van der Waals surface area contributed by atoms with Crippen LogP contribution in [0.4, 0.5) is 21.7 Å². The molecule has 0 spiro atoms. The summed E-state index contributed by atoms with van der Waals surface area (Å²) >= 11 is 4.76. The number of aliphatic imine (C=N–C) groups is 1. The van der Waals surface area contributed by atoms with Gasteiger partial charge in [-0.2, -0.15) is 4.39 Å². The van der Waals surface area contributed by atoms with Gasteiger partial charge in [-0.05, 0) is 19.1 Å². The van der Waals surface area contributed by atoms with E-state index in [1.165, 1.54) is 12.1 Å². The van der Waals surface area contributed by atoms with Crippen molar-refractivity contribution in [2.75, 3.05) is 23.3 Å². The molecule has 0 radical (unpaired) electrons. The van der Waals surface area contributed by atoms with E-state index < -0.39 is 5.95 Å². The maximum atomic E-state index is 13.6. The molecule has 146 valence electrons. The van der Waals surface area contributed by atoms with Gasteiger partial charge in [0.15, 0.2) is 0 Å². The predicted molar refractivity (Wildman–Crippen MR) is 116 cm³/mol. The summed E-state index contributed by atoms with van der Waals surface area (Å²) in [6, 6.07) is 6.61. The van der Waals surface area contributed by atoms with Gasteiger partial charge in [-0.1, -0.05) is 22.1 Å². The number of halogens is 1. The van der Waals surface area contributed by atoms with Crippen LogP contribution in [0, 0.1) is 5.95 Å². The quantitative estimate of drug-likeness (QED) is 0.295. The van der Waals surface area contributed by atoms with Crippen molar-refractivity contribution in [2.45, 2.75) is 12.5 Å². The van der Waals surface area contributed by atoms with Gasteiger partial charge in [-0.25, -0.2) is 9.98 Å². The number of anilines is 2. The highest BCUT2D eigenvalue weighted by molar-refractivity contribution is 7.81. The van der Waals surface area contributed by atoms with Crippen molar-refractivity contribution in [1.82, 2.24) is 14.5 Å². The van der Waals surface area contributed by atoms with E-state index >= 15 is 0 Å². The van der Waals surface area contributed by atoms with Gasteiger partial charge >= 0.3 is 0 Å². The number of aromatic nitrogens is 3. The summed E-state index contributed by atoms with van der Waals surface area (Å²) in [4.78, 5) is 12.6. The van der Waals surface area contributed by atoms with Crippen LogP contribution in [-0.4, -0.2) is 38.7 Å². The molecule has 1 aliphatic heterocycles. The summed E-state index contributed by atoms with van der Waals surface area (Å²) in [5.41, 5.74) is 8.06. The van der Waals surface area contributed by atoms with E-state index in [1.807, 2.05) is 28.1 Å². The molecule has 0 aliphatic carbocycles. The van der Waals surface area contributed by atoms with E-state index in [4.69, 9.17) is 23.3 Å². The molecule has 10 heteroatoms. The van der Waals surface area contributed by atoms with Crippen LogP contribution in [0.2, 0.25) is 0 Å². The van der Waals surface area contributed by atoms with Crippen molar-refractivity contribution < 1.29 is 9.13 Å². The number of hydrogen-bond donors (Lipinski definition) is 2. The molecule has 0 amide bonds. The third kappa shape index (κ3) is 3.13. The van der Waals surface area contributed by atoms with E-state index in [0.29, 0.717) is 24.4 Å². The summed E-state index contributed by atoms with van der Waals surface area (Å²) in [6.45, 7) is 3.26. The topological polar surface area (TPSA) is 81.6 Å². The first-order chi connectivity index (χ1) is 13.3. The van der Waals surface area contributed by atoms with E-state index in [-0.39, 0.29) is 11.4 Å². The van der Waals surface area contributed by atoms with Crippen LogP contribution in [0.15, 0.2) is 35.5 Å². The lowest BCUT2D eigenvalue weighted by Gasteiger charge is -2.45. The molecule has 0 aromatic carbocycles. The monoisotopic (exact) mass is 418 g/mol. The van der Waals surface area contributed by atoms with Crippen LogP contribution < -0.4 is 10.0 Å². The summed E-state index contributed by atoms with van der Waals surface area (Å²) in [7, 11) is 4.54. The van der Waals surface area contributed by atoms with Gasteiger partial charge in [-0.3, -0.25) is 9.29 Å². The van der Waals surface area contributed by atoms with Crippen molar-refractivity contribution in [3.63, 3.8) is 0 Å². The van der Waals surface area contributed by atoms with Gasteiger partial charge in [-0.15, -0.1) is 0 Å². The number of rotatable bonds is 4. The normalized spacial score (nSPS) is 16.2. The molecule has 7 nitrogen and oxygen atoms in total. The zero-order valence-corrected chi connectivity index (χ0v) is 17.5. The summed E-state index contributed by atoms with van der Waals surface area (Å²) in [5, 5.41) is 0.916. The smallest absolute Gasteiger partial charge is 0.216 e. The second-order valence-corrected chi connectivity index (χ2v) is 7.95. The molecule has 3 aromatic rings. The Kier molecular flexibility index (Phi) is 4.77. The highest BCUT2D eigenvalue weighted by Crippen LogP contribution is 2.39. The SMILES string of the molecule is Cn1c(C(P)=Nc2cc(N)nc(F)c2)c2cccnc2c1N(S)C1(C)COC1. The number of pyridine rings is 2. The number of nitrogen functional groups attached to an aromatic ring is 1. The number of thiol groups is 1. The minimum absolute atomic E-state index is 0.0788. The molecule has 1 saturated heterocycles. The van der Waals surface area contributed by atoms with Gasteiger partial charge in [0.2, 0.25) is 5.95 Å². The molecule has 28 heavy (non-hydrogen) atoms. The minimum Gasteiger partial charge on any atom is -0.384 e. The molecule has 1 aliphatic rings. The molecule has 0 saturated carbocycles. The molecule has 1 atom stereocenters. The Balaban J connectivity index is 1.88. The highest BCUT2D eigenvalue weighted by atomic mass is 32.1. The van der Waals surface area contributed by atoms with Crippen LogP contribution in [0.1, 0.15) is 12.6 Å². The van der Waals surface area contributed by atoms with Crippen LogP contribution in [-0.2, 0) is 11.8 Å². The van der Waals surface area contributed by atoms with Crippen molar-refractivity contribution in [2.24, 2.45) is 12.0 Å². The second kappa shape index (κ2) is 6.99. The molecule has 1 unspecified atom stereocenters. The molecular weight excluding hydrogens is 398 g/mol. The zero-order chi connectivity index (χ0) is 20.1. The maximum absolute atomic E-state index is 13.6. The Bertz CT molecular complexity index is 1080. The number of hydrogen-bond acceptors (Lipinski definition) is 7. The van der Waals surface area contributed by atoms with E-state index in [9.17, 15) is 4.39 Å². The molecule has 2 N–H and O–H groups in total. The molecule has 0 bridgehead atoms. The second-order valence-electron chi connectivity index (χ2n) is 7.00. The number of fused-ring (bicyclic) bond motifs is 1. The third-order valence-electron chi connectivity index (χ3n) is 4.76. The van der Waals surface area contributed by atoms with Crippen molar-refractivity contribution in [3.05, 3.63) is 42.1 Å². The fourth-order valence-electron chi connectivity index (χ4n) is 3.31. The van der Waals surface area contributed by atoms with Gasteiger partial charge in [0, 0.05) is 30.8 Å². The van der Waals surface area contributed by atoms with E-state index in [0.717, 1.165) is 22.4 Å². The lowest BCUT2D eigenvalue weighted by molar-refractivity contribution is -0.0392. The van der Waals surface area contributed by atoms with Gasteiger partial charge in [0.05, 0.1) is 35.6 Å². The number of nitrogens with zero attached hydrogens (tertiary/aromatic N) is 5. The first-order valence-electron chi connectivity index (χ1n) is 8.58. The summed E-state index contributed by atoms with van der Waals surface area (Å²) in [6.07, 6.45) is 1.75. The fraction of sp³-hybridized carbons (Fsp3) is 0.278. The molecular formula is C18H20FN6OPS. The molecule has 3 aromatic heterocycles. The van der Waals surface area contributed by atoms with Crippen molar-refractivity contribution in [1.29, 1.82) is 0 Å². The molecule has 1 fully saturated rings. The van der Waals surface area contributed by atoms with Gasteiger partial charge in [0.25, 0.3) is 0 Å². The van der Waals surface area contributed by atoms with Gasteiger partial charge < -0.3 is 15.0 Å². The number of nitrogens with two attached hydrogens (primary N) is 1. The van der Waals surface area contributed by atoms with Crippen LogP contribution in [0.3, 0.4) is 0 Å². The third-order valence-corrected chi connectivity index (χ3v) is 5.83. The lowest BCUT2D eigenvalue weighted by Crippen LogP contribution is -2.57. The Labute approximate surface area is 169 Å². The van der Waals surface area contributed by atoms with Crippen LogP contribution >= 0.6 is 22.1 Å². The van der Waals surface area contributed by atoms with E-state index in [1.54, 1.807) is 6.20 Å². The maximum Gasteiger partial charge on any atom is 0.216 e. The molecule has 4 rings (SSSR count). The Hall–Kier alpha value is -2.22. The Morgan fingerprint density at radius 1 is 1.46 bits per heavy atom.